The summed E-state index contributed by atoms with van der Waals surface area (Å²) < 4.78 is 9.84. The van der Waals surface area contributed by atoms with Crippen LogP contribution >= 0.6 is 11.6 Å². The van der Waals surface area contributed by atoms with Crippen LogP contribution in [-0.4, -0.2) is 39.9 Å². The molecule has 0 atom stereocenters. The summed E-state index contributed by atoms with van der Waals surface area (Å²) in [4.78, 5) is 13.8. The van der Waals surface area contributed by atoms with Gasteiger partial charge >= 0.3 is 5.97 Å². The summed E-state index contributed by atoms with van der Waals surface area (Å²) in [6, 6.07) is 3.20. The standard InChI is InChI=1S/C13H19ClN2O3/c1-4-16(5-6-18-2)12-10(13(17)19-3)7-9(15)8-11(12)14/h7-8H,4-6,15H2,1-3H3. The minimum Gasteiger partial charge on any atom is -0.465 e. The highest BCUT2D eigenvalue weighted by Gasteiger charge is 2.20. The third-order valence-electron chi connectivity index (χ3n) is 2.75. The van der Waals surface area contributed by atoms with Gasteiger partial charge < -0.3 is 20.1 Å². The fourth-order valence-corrected chi connectivity index (χ4v) is 2.18. The third-order valence-corrected chi connectivity index (χ3v) is 3.04. The molecule has 0 fully saturated rings. The maximum atomic E-state index is 11.8. The van der Waals surface area contributed by atoms with E-state index in [2.05, 4.69) is 0 Å². The minimum absolute atomic E-state index is 0.366. The molecule has 0 heterocycles. The quantitative estimate of drug-likeness (QED) is 0.641. The lowest BCUT2D eigenvalue weighted by molar-refractivity contribution is 0.0601. The number of halogens is 1. The van der Waals surface area contributed by atoms with Gasteiger partial charge in [-0.2, -0.15) is 0 Å². The molecule has 1 aromatic carbocycles. The van der Waals surface area contributed by atoms with Crippen LogP contribution in [0.4, 0.5) is 11.4 Å². The Kier molecular flexibility index (Phi) is 5.92. The van der Waals surface area contributed by atoms with Gasteiger partial charge in [0.15, 0.2) is 0 Å². The summed E-state index contributed by atoms with van der Waals surface area (Å²) >= 11 is 6.22. The molecule has 0 aliphatic carbocycles. The number of nitrogens with zero attached hydrogens (tertiary/aromatic N) is 1. The molecule has 1 rings (SSSR count). The van der Waals surface area contributed by atoms with Gasteiger partial charge in [-0.15, -0.1) is 0 Å². The Labute approximate surface area is 118 Å². The van der Waals surface area contributed by atoms with Gasteiger partial charge in [-0.25, -0.2) is 4.79 Å². The topological polar surface area (TPSA) is 64.8 Å². The number of esters is 1. The lowest BCUT2D eigenvalue weighted by Crippen LogP contribution is -2.29. The monoisotopic (exact) mass is 286 g/mol. The molecule has 0 saturated carbocycles. The third kappa shape index (κ3) is 3.75. The lowest BCUT2D eigenvalue weighted by Gasteiger charge is -2.26. The summed E-state index contributed by atoms with van der Waals surface area (Å²) in [5.41, 5.74) is 7.15. The lowest BCUT2D eigenvalue weighted by atomic mass is 10.1. The van der Waals surface area contributed by atoms with Crippen LogP contribution in [0.2, 0.25) is 5.02 Å². The number of likely N-dealkylation sites (N-methyl/N-ethyl adjacent to an activating group) is 1. The first-order valence-corrected chi connectivity index (χ1v) is 6.34. The first-order valence-electron chi connectivity index (χ1n) is 5.96. The summed E-state index contributed by atoms with van der Waals surface area (Å²) in [5.74, 6) is -0.458. The number of nitrogens with two attached hydrogens (primary N) is 1. The van der Waals surface area contributed by atoms with Crippen LogP contribution in [0, 0.1) is 0 Å². The fourth-order valence-electron chi connectivity index (χ4n) is 1.84. The van der Waals surface area contributed by atoms with Crippen LogP contribution in [-0.2, 0) is 9.47 Å². The molecule has 1 aromatic rings. The molecule has 0 aliphatic rings. The molecule has 0 unspecified atom stereocenters. The minimum atomic E-state index is -0.458. The highest BCUT2D eigenvalue weighted by Crippen LogP contribution is 2.33. The van der Waals surface area contributed by atoms with Crippen LogP contribution in [0.25, 0.3) is 0 Å². The largest absolute Gasteiger partial charge is 0.465 e. The Bertz CT molecular complexity index is 452. The number of anilines is 2. The maximum absolute atomic E-state index is 11.8. The van der Waals surface area contributed by atoms with E-state index in [0.717, 1.165) is 0 Å². The van der Waals surface area contributed by atoms with Crippen molar-refractivity contribution in [1.82, 2.24) is 0 Å². The van der Waals surface area contributed by atoms with E-state index in [1.54, 1.807) is 19.2 Å². The fraction of sp³-hybridized carbons (Fsp3) is 0.462. The first kappa shape index (κ1) is 15.6. The normalized spacial score (nSPS) is 10.3. The van der Waals surface area contributed by atoms with E-state index in [9.17, 15) is 4.79 Å². The average Bonchev–Trinajstić information content (AvgIpc) is 2.39. The van der Waals surface area contributed by atoms with Crippen molar-refractivity contribution in [2.45, 2.75) is 6.92 Å². The number of carbonyl (C=O) groups is 1. The smallest absolute Gasteiger partial charge is 0.340 e. The Hall–Kier alpha value is -1.46. The average molecular weight is 287 g/mol. The van der Waals surface area contributed by atoms with Crippen molar-refractivity contribution in [3.8, 4) is 0 Å². The van der Waals surface area contributed by atoms with Gasteiger partial charge in [-0.1, -0.05) is 11.6 Å². The van der Waals surface area contributed by atoms with Crippen molar-refractivity contribution >= 4 is 28.9 Å². The zero-order valence-corrected chi connectivity index (χ0v) is 12.2. The van der Waals surface area contributed by atoms with E-state index in [4.69, 9.17) is 26.8 Å². The van der Waals surface area contributed by atoms with Gasteiger partial charge in [0.05, 0.1) is 30.0 Å². The van der Waals surface area contributed by atoms with Gasteiger partial charge in [0.25, 0.3) is 0 Å². The number of carbonyl (C=O) groups excluding carboxylic acids is 1. The van der Waals surface area contributed by atoms with Crippen molar-refractivity contribution in [3.63, 3.8) is 0 Å². The molecule has 0 spiro atoms. The summed E-state index contributed by atoms with van der Waals surface area (Å²) in [6.07, 6.45) is 0. The zero-order chi connectivity index (χ0) is 14.4. The highest BCUT2D eigenvalue weighted by atomic mass is 35.5. The predicted octanol–water partition coefficient (Wildman–Crippen LogP) is 2.18. The maximum Gasteiger partial charge on any atom is 0.340 e. The highest BCUT2D eigenvalue weighted by molar-refractivity contribution is 6.34. The Morgan fingerprint density at radius 3 is 2.63 bits per heavy atom. The number of hydrogen-bond acceptors (Lipinski definition) is 5. The van der Waals surface area contributed by atoms with E-state index < -0.39 is 5.97 Å². The number of nitrogen functional groups attached to an aromatic ring is 1. The SMILES string of the molecule is CCN(CCOC)c1c(Cl)cc(N)cc1C(=O)OC. The van der Waals surface area contributed by atoms with Gasteiger partial charge in [0.1, 0.15) is 0 Å². The van der Waals surface area contributed by atoms with Crippen LogP contribution in [0.3, 0.4) is 0 Å². The van der Waals surface area contributed by atoms with Gasteiger partial charge in [-0.05, 0) is 19.1 Å². The van der Waals surface area contributed by atoms with Crippen LogP contribution < -0.4 is 10.6 Å². The van der Waals surface area contributed by atoms with E-state index in [1.807, 2.05) is 11.8 Å². The molecule has 0 radical (unpaired) electrons. The molecule has 6 heteroatoms. The zero-order valence-electron chi connectivity index (χ0n) is 11.4. The molecule has 5 nitrogen and oxygen atoms in total. The van der Waals surface area contributed by atoms with Gasteiger partial charge in [0.2, 0.25) is 0 Å². The van der Waals surface area contributed by atoms with Crippen molar-refractivity contribution < 1.29 is 14.3 Å². The Morgan fingerprint density at radius 2 is 2.11 bits per heavy atom. The molecular formula is C13H19ClN2O3. The molecule has 0 aliphatic heterocycles. The number of benzene rings is 1. The number of ether oxygens (including phenoxy) is 2. The molecule has 19 heavy (non-hydrogen) atoms. The summed E-state index contributed by atoms with van der Waals surface area (Å²) in [7, 11) is 2.95. The molecule has 0 aromatic heterocycles. The van der Waals surface area contributed by atoms with Crippen molar-refractivity contribution in [2.24, 2.45) is 0 Å². The van der Waals surface area contributed by atoms with E-state index in [-0.39, 0.29) is 0 Å². The molecule has 106 valence electrons. The van der Waals surface area contributed by atoms with Gasteiger partial charge in [0, 0.05) is 25.9 Å². The van der Waals surface area contributed by atoms with Crippen molar-refractivity contribution in [2.75, 3.05) is 44.5 Å². The molecular weight excluding hydrogens is 268 g/mol. The number of rotatable bonds is 6. The second-order valence-corrected chi connectivity index (χ2v) is 4.37. The summed E-state index contributed by atoms with van der Waals surface area (Å²) in [6.45, 7) is 3.83. The summed E-state index contributed by atoms with van der Waals surface area (Å²) in [5, 5.41) is 0.429. The molecule has 0 saturated heterocycles. The van der Waals surface area contributed by atoms with Crippen LogP contribution in [0.15, 0.2) is 12.1 Å². The van der Waals surface area contributed by atoms with E-state index in [0.29, 0.717) is 41.7 Å². The first-order chi connectivity index (χ1) is 9.04. The predicted molar refractivity (Wildman–Crippen MR) is 77.0 cm³/mol. The van der Waals surface area contributed by atoms with Crippen molar-refractivity contribution in [3.05, 3.63) is 22.7 Å². The molecule has 2 N–H and O–H groups in total. The molecule has 0 bridgehead atoms. The Balaban J connectivity index is 3.25. The van der Waals surface area contributed by atoms with Gasteiger partial charge in [-0.3, -0.25) is 0 Å². The van der Waals surface area contributed by atoms with E-state index in [1.165, 1.54) is 7.11 Å². The van der Waals surface area contributed by atoms with Crippen LogP contribution in [0.1, 0.15) is 17.3 Å². The van der Waals surface area contributed by atoms with Crippen LogP contribution in [0.5, 0.6) is 0 Å². The molecule has 0 amide bonds. The van der Waals surface area contributed by atoms with E-state index >= 15 is 0 Å². The number of methoxy groups -OCH3 is 2. The second-order valence-electron chi connectivity index (χ2n) is 3.96. The second kappa shape index (κ2) is 7.21. The van der Waals surface area contributed by atoms with Crippen molar-refractivity contribution in [1.29, 1.82) is 0 Å². The number of hydrogen-bond donors (Lipinski definition) is 1. The Morgan fingerprint density at radius 1 is 1.42 bits per heavy atom.